The molecule has 0 amide bonds. The fraction of sp³-hybridized carbons (Fsp3) is 0.583. The lowest BCUT2D eigenvalue weighted by Gasteiger charge is -2.17. The van der Waals surface area contributed by atoms with Gasteiger partial charge in [0.2, 0.25) is 0 Å². The Hall–Kier alpha value is -1.14. The van der Waals surface area contributed by atoms with E-state index in [0.29, 0.717) is 6.04 Å². The third-order valence-electron chi connectivity index (χ3n) is 3.06. The zero-order chi connectivity index (χ0) is 13.0. The van der Waals surface area contributed by atoms with Crippen molar-refractivity contribution in [1.29, 1.82) is 0 Å². The average molecular weight is 269 g/mol. The number of nitrogens with one attached hydrogen (secondary N) is 2. The molecule has 0 spiro atoms. The van der Waals surface area contributed by atoms with Gasteiger partial charge in [-0.1, -0.05) is 0 Å². The third kappa shape index (κ3) is 3.68. The summed E-state index contributed by atoms with van der Waals surface area (Å²) in [4.78, 5) is 3.97. The summed E-state index contributed by atoms with van der Waals surface area (Å²) < 4.78 is 22.6. The highest BCUT2D eigenvalue weighted by Crippen LogP contribution is 2.15. The fourth-order valence-corrected chi connectivity index (χ4v) is 2.64. The first-order valence-electron chi connectivity index (χ1n) is 6.19. The second-order valence-corrected chi connectivity index (χ2v) is 6.64. The van der Waals surface area contributed by atoms with Gasteiger partial charge in [-0.3, -0.25) is 0 Å². The van der Waals surface area contributed by atoms with Crippen LogP contribution in [0.5, 0.6) is 0 Å². The molecule has 1 aliphatic rings. The lowest BCUT2D eigenvalue weighted by molar-refractivity contribution is 0.598. The molecule has 0 aromatic carbocycles. The maximum absolute atomic E-state index is 11.3. The Morgan fingerprint density at radius 1 is 1.33 bits per heavy atom. The molecule has 2 N–H and O–H groups in total. The maximum Gasteiger partial charge on any atom is 0.192 e. The van der Waals surface area contributed by atoms with Crippen molar-refractivity contribution in [3.63, 3.8) is 0 Å². The molecule has 1 fully saturated rings. The van der Waals surface area contributed by atoms with E-state index in [9.17, 15) is 8.42 Å². The van der Waals surface area contributed by atoms with Gasteiger partial charge in [-0.15, -0.1) is 0 Å². The molecule has 6 heteroatoms. The fourth-order valence-electron chi connectivity index (χ4n) is 2.08. The molecular weight excluding hydrogens is 250 g/mol. The van der Waals surface area contributed by atoms with E-state index in [4.69, 9.17) is 0 Å². The van der Waals surface area contributed by atoms with Crippen LogP contribution < -0.4 is 10.6 Å². The summed E-state index contributed by atoms with van der Waals surface area (Å²) in [7, 11) is -3.21. The summed E-state index contributed by atoms with van der Waals surface area (Å²) in [6, 6.07) is 3.76. The van der Waals surface area contributed by atoms with Crippen LogP contribution in [0, 0.1) is 0 Å². The molecule has 1 atom stereocenters. The Bertz CT molecular complexity index is 477. The first-order chi connectivity index (χ1) is 8.55. The summed E-state index contributed by atoms with van der Waals surface area (Å²) in [6.45, 7) is 2.09. The Labute approximate surface area is 108 Å². The quantitative estimate of drug-likeness (QED) is 0.858. The predicted molar refractivity (Wildman–Crippen MR) is 71.5 cm³/mol. The van der Waals surface area contributed by atoms with Crippen LogP contribution in [0.25, 0.3) is 0 Å². The average Bonchev–Trinajstić information content (AvgIpc) is 2.57. The van der Waals surface area contributed by atoms with Crippen LogP contribution in [0.3, 0.4) is 0 Å². The largest absolute Gasteiger partial charge is 0.381 e. The number of pyridine rings is 1. The highest BCUT2D eigenvalue weighted by molar-refractivity contribution is 7.90. The monoisotopic (exact) mass is 269 g/mol. The second-order valence-electron chi connectivity index (χ2n) is 4.68. The first kappa shape index (κ1) is 13.3. The van der Waals surface area contributed by atoms with Crippen molar-refractivity contribution in [3.05, 3.63) is 18.3 Å². The molecule has 0 radical (unpaired) electrons. The van der Waals surface area contributed by atoms with Gasteiger partial charge in [-0.2, -0.15) is 0 Å². The second kappa shape index (κ2) is 5.67. The van der Waals surface area contributed by atoms with Gasteiger partial charge in [-0.25, -0.2) is 13.4 Å². The van der Waals surface area contributed by atoms with Crippen LogP contribution in [-0.4, -0.2) is 38.8 Å². The molecule has 1 saturated heterocycles. The zero-order valence-corrected chi connectivity index (χ0v) is 11.3. The van der Waals surface area contributed by atoms with E-state index in [0.717, 1.165) is 38.0 Å². The highest BCUT2D eigenvalue weighted by Gasteiger charge is 2.12. The minimum absolute atomic E-state index is 0.121. The van der Waals surface area contributed by atoms with Crippen LogP contribution in [0.2, 0.25) is 0 Å². The number of hydrogen-bond donors (Lipinski definition) is 2. The molecule has 1 aromatic heterocycles. The topological polar surface area (TPSA) is 71.1 Å². The normalized spacial score (nSPS) is 21.3. The third-order valence-corrected chi connectivity index (χ3v) is 4.06. The van der Waals surface area contributed by atoms with E-state index >= 15 is 0 Å². The number of aromatic nitrogens is 1. The van der Waals surface area contributed by atoms with Crippen molar-refractivity contribution in [1.82, 2.24) is 10.3 Å². The van der Waals surface area contributed by atoms with Gasteiger partial charge in [-0.05, 0) is 44.5 Å². The molecule has 0 saturated carbocycles. The molecule has 2 heterocycles. The van der Waals surface area contributed by atoms with Crippen molar-refractivity contribution in [2.24, 2.45) is 0 Å². The minimum Gasteiger partial charge on any atom is -0.381 e. The van der Waals surface area contributed by atoms with E-state index in [1.165, 1.54) is 6.26 Å². The van der Waals surface area contributed by atoms with Crippen molar-refractivity contribution in [2.75, 3.05) is 24.7 Å². The SMILES string of the molecule is CS(=O)(=O)c1ccc(NC2CCCNCC2)cn1. The Morgan fingerprint density at radius 2 is 2.17 bits per heavy atom. The van der Waals surface area contributed by atoms with E-state index in [1.807, 2.05) is 0 Å². The number of hydrogen-bond acceptors (Lipinski definition) is 5. The molecule has 100 valence electrons. The molecule has 2 rings (SSSR count). The van der Waals surface area contributed by atoms with Crippen LogP contribution in [0.4, 0.5) is 5.69 Å². The van der Waals surface area contributed by atoms with Crippen LogP contribution in [0.1, 0.15) is 19.3 Å². The number of anilines is 1. The minimum atomic E-state index is -3.21. The van der Waals surface area contributed by atoms with Crippen LogP contribution >= 0.6 is 0 Å². The van der Waals surface area contributed by atoms with E-state index in [1.54, 1.807) is 18.3 Å². The number of sulfone groups is 1. The predicted octanol–water partition coefficient (Wildman–Crippen LogP) is 1.04. The van der Waals surface area contributed by atoms with Crippen molar-refractivity contribution in [2.45, 2.75) is 30.3 Å². The molecule has 18 heavy (non-hydrogen) atoms. The van der Waals surface area contributed by atoms with E-state index in [-0.39, 0.29) is 5.03 Å². The Kier molecular flexibility index (Phi) is 4.19. The Balaban J connectivity index is 2.01. The molecule has 1 aliphatic heterocycles. The van der Waals surface area contributed by atoms with Crippen LogP contribution in [0.15, 0.2) is 23.4 Å². The summed E-state index contributed by atoms with van der Waals surface area (Å²) >= 11 is 0. The molecule has 0 aliphatic carbocycles. The molecule has 5 nitrogen and oxygen atoms in total. The lowest BCUT2D eigenvalue weighted by atomic mass is 10.1. The molecule has 0 bridgehead atoms. The molecular formula is C12H19N3O2S. The van der Waals surface area contributed by atoms with Gasteiger partial charge in [0.05, 0.1) is 11.9 Å². The van der Waals surface area contributed by atoms with Crippen molar-refractivity contribution < 1.29 is 8.42 Å². The first-order valence-corrected chi connectivity index (χ1v) is 8.08. The summed E-state index contributed by atoms with van der Waals surface area (Å²) in [5.41, 5.74) is 0.884. The van der Waals surface area contributed by atoms with Gasteiger partial charge < -0.3 is 10.6 Å². The highest BCUT2D eigenvalue weighted by atomic mass is 32.2. The number of rotatable bonds is 3. The Morgan fingerprint density at radius 3 is 2.83 bits per heavy atom. The van der Waals surface area contributed by atoms with Gasteiger partial charge in [0.1, 0.15) is 0 Å². The maximum atomic E-state index is 11.3. The van der Waals surface area contributed by atoms with Gasteiger partial charge in [0, 0.05) is 12.3 Å². The van der Waals surface area contributed by atoms with E-state index < -0.39 is 9.84 Å². The van der Waals surface area contributed by atoms with Crippen molar-refractivity contribution >= 4 is 15.5 Å². The van der Waals surface area contributed by atoms with Gasteiger partial charge in [0.25, 0.3) is 0 Å². The van der Waals surface area contributed by atoms with Gasteiger partial charge >= 0.3 is 0 Å². The van der Waals surface area contributed by atoms with E-state index in [2.05, 4.69) is 15.6 Å². The molecule has 1 aromatic rings. The smallest absolute Gasteiger partial charge is 0.192 e. The van der Waals surface area contributed by atoms with Crippen molar-refractivity contribution in [3.8, 4) is 0 Å². The summed E-state index contributed by atoms with van der Waals surface area (Å²) in [5.74, 6) is 0. The van der Waals surface area contributed by atoms with Gasteiger partial charge in [0.15, 0.2) is 14.9 Å². The zero-order valence-electron chi connectivity index (χ0n) is 10.5. The summed E-state index contributed by atoms with van der Waals surface area (Å²) in [6.07, 6.45) is 6.12. The summed E-state index contributed by atoms with van der Waals surface area (Å²) in [5, 5.41) is 6.88. The number of nitrogens with zero attached hydrogens (tertiary/aromatic N) is 1. The van der Waals surface area contributed by atoms with Crippen LogP contribution in [-0.2, 0) is 9.84 Å². The standard InChI is InChI=1S/C12H19N3O2S/c1-18(16,17)12-5-4-11(9-14-12)15-10-3-2-7-13-8-6-10/h4-5,9-10,13,15H,2-3,6-8H2,1H3. The molecule has 1 unspecified atom stereocenters. The lowest BCUT2D eigenvalue weighted by Crippen LogP contribution is -2.21.